The van der Waals surface area contributed by atoms with E-state index in [1.807, 2.05) is 25.2 Å². The molecule has 0 radical (unpaired) electrons. The van der Waals surface area contributed by atoms with E-state index in [0.29, 0.717) is 6.04 Å². The number of hydrogen-bond donors (Lipinski definition) is 1. The molecule has 1 unspecified atom stereocenters. The molecule has 0 saturated heterocycles. The molecule has 2 heteroatoms. The van der Waals surface area contributed by atoms with Gasteiger partial charge in [-0.3, -0.25) is 0 Å². The summed E-state index contributed by atoms with van der Waals surface area (Å²) in [5, 5.41) is 3.40. The molecular weight excluding hydrogens is 246 g/mol. The molecule has 2 aromatic rings. The molecule has 1 N–H and O–H groups in total. The van der Waals surface area contributed by atoms with E-state index in [1.165, 1.54) is 29.5 Å². The zero-order valence-corrected chi connectivity index (χ0v) is 12.1. The largest absolute Gasteiger partial charge is 0.457 e. The Hall–Kier alpha value is -1.80. The van der Waals surface area contributed by atoms with Gasteiger partial charge in [0.15, 0.2) is 0 Å². The molecule has 2 nitrogen and oxygen atoms in total. The van der Waals surface area contributed by atoms with Crippen molar-refractivity contribution in [3.63, 3.8) is 0 Å². The topological polar surface area (TPSA) is 21.3 Å². The molecule has 1 aliphatic carbocycles. The van der Waals surface area contributed by atoms with Crippen LogP contribution in [0.25, 0.3) is 0 Å². The fourth-order valence-corrected chi connectivity index (χ4v) is 2.95. The van der Waals surface area contributed by atoms with Crippen molar-refractivity contribution in [2.24, 2.45) is 0 Å². The summed E-state index contributed by atoms with van der Waals surface area (Å²) < 4.78 is 6.02. The summed E-state index contributed by atoms with van der Waals surface area (Å²) in [7, 11) is 2.04. The minimum absolute atomic E-state index is 0.492. The lowest BCUT2D eigenvalue weighted by atomic mass is 9.87. The second kappa shape index (κ2) is 5.68. The van der Waals surface area contributed by atoms with Crippen molar-refractivity contribution in [2.45, 2.75) is 32.2 Å². The Labute approximate surface area is 120 Å². The third-order valence-electron chi connectivity index (χ3n) is 4.10. The van der Waals surface area contributed by atoms with E-state index in [0.717, 1.165) is 17.9 Å². The first-order valence-corrected chi connectivity index (χ1v) is 7.31. The van der Waals surface area contributed by atoms with Gasteiger partial charge in [0.25, 0.3) is 0 Å². The number of aryl methyl sites for hydroxylation is 2. The fourth-order valence-electron chi connectivity index (χ4n) is 2.95. The first-order chi connectivity index (χ1) is 9.78. The molecule has 0 aromatic heterocycles. The van der Waals surface area contributed by atoms with Gasteiger partial charge in [-0.2, -0.15) is 0 Å². The summed E-state index contributed by atoms with van der Waals surface area (Å²) in [4.78, 5) is 0. The highest BCUT2D eigenvalue weighted by molar-refractivity contribution is 5.42. The Morgan fingerprint density at radius 1 is 1.15 bits per heavy atom. The molecule has 0 heterocycles. The van der Waals surface area contributed by atoms with Gasteiger partial charge in [0.1, 0.15) is 11.5 Å². The summed E-state index contributed by atoms with van der Waals surface area (Å²) in [6.45, 7) is 2.07. The Bertz CT molecular complexity index is 606. The molecule has 0 aliphatic heterocycles. The Morgan fingerprint density at radius 3 is 2.80 bits per heavy atom. The van der Waals surface area contributed by atoms with Crippen LogP contribution < -0.4 is 10.1 Å². The highest BCUT2D eigenvalue weighted by Gasteiger charge is 2.19. The minimum atomic E-state index is 0.492. The van der Waals surface area contributed by atoms with Crippen molar-refractivity contribution >= 4 is 0 Å². The highest BCUT2D eigenvalue weighted by Crippen LogP contribution is 2.33. The average molecular weight is 267 g/mol. The van der Waals surface area contributed by atoms with Crippen molar-refractivity contribution in [3.05, 3.63) is 59.2 Å². The van der Waals surface area contributed by atoms with Crippen molar-refractivity contribution in [1.29, 1.82) is 0 Å². The smallest absolute Gasteiger partial charge is 0.130 e. The molecule has 3 rings (SSSR count). The maximum absolute atomic E-state index is 6.02. The van der Waals surface area contributed by atoms with Crippen molar-refractivity contribution in [1.82, 2.24) is 5.32 Å². The van der Waals surface area contributed by atoms with Crippen LogP contribution in [-0.4, -0.2) is 7.05 Å². The van der Waals surface area contributed by atoms with Crippen molar-refractivity contribution < 1.29 is 4.74 Å². The highest BCUT2D eigenvalue weighted by atomic mass is 16.5. The predicted molar refractivity (Wildman–Crippen MR) is 82.4 cm³/mol. The standard InChI is InChI=1S/C18H21NO/c1-13-6-3-4-9-18(13)20-15-10-11-16-14(12-15)7-5-8-17(16)19-2/h3-4,6,9-12,17,19H,5,7-8H2,1-2H3. The summed E-state index contributed by atoms with van der Waals surface area (Å²) >= 11 is 0. The Balaban J connectivity index is 1.87. The lowest BCUT2D eigenvalue weighted by Crippen LogP contribution is -2.21. The number of hydrogen-bond acceptors (Lipinski definition) is 2. The van der Waals surface area contributed by atoms with Gasteiger partial charge in [0, 0.05) is 6.04 Å². The van der Waals surface area contributed by atoms with Gasteiger partial charge in [-0.05, 0) is 68.1 Å². The molecule has 20 heavy (non-hydrogen) atoms. The molecule has 0 saturated carbocycles. The van der Waals surface area contributed by atoms with Crippen LogP contribution in [-0.2, 0) is 6.42 Å². The van der Waals surface area contributed by atoms with Crippen molar-refractivity contribution in [3.8, 4) is 11.5 Å². The average Bonchev–Trinajstić information content (AvgIpc) is 2.49. The quantitative estimate of drug-likeness (QED) is 0.890. The third kappa shape index (κ3) is 2.56. The monoisotopic (exact) mass is 267 g/mol. The summed E-state index contributed by atoms with van der Waals surface area (Å²) in [5.41, 5.74) is 4.01. The Kier molecular flexibility index (Phi) is 3.75. The van der Waals surface area contributed by atoms with Crippen molar-refractivity contribution in [2.75, 3.05) is 7.05 Å². The first-order valence-electron chi connectivity index (χ1n) is 7.31. The second-order valence-corrected chi connectivity index (χ2v) is 5.46. The number of benzene rings is 2. The van der Waals surface area contributed by atoms with Gasteiger partial charge in [-0.15, -0.1) is 0 Å². The molecule has 0 bridgehead atoms. The predicted octanol–water partition coefficient (Wildman–Crippen LogP) is 4.38. The van der Waals surface area contributed by atoms with Gasteiger partial charge in [0.05, 0.1) is 0 Å². The van der Waals surface area contributed by atoms with E-state index in [2.05, 4.69) is 36.5 Å². The van der Waals surface area contributed by atoms with E-state index in [9.17, 15) is 0 Å². The maximum Gasteiger partial charge on any atom is 0.130 e. The number of ether oxygens (including phenoxy) is 1. The third-order valence-corrected chi connectivity index (χ3v) is 4.10. The van der Waals surface area contributed by atoms with Gasteiger partial charge < -0.3 is 10.1 Å². The van der Waals surface area contributed by atoms with Crippen LogP contribution >= 0.6 is 0 Å². The number of nitrogens with one attached hydrogen (secondary N) is 1. The van der Waals surface area contributed by atoms with Crippen LogP contribution in [0.1, 0.15) is 35.6 Å². The van der Waals surface area contributed by atoms with E-state index in [1.54, 1.807) is 0 Å². The molecule has 2 aromatic carbocycles. The first kappa shape index (κ1) is 13.2. The number of fused-ring (bicyclic) bond motifs is 1. The minimum Gasteiger partial charge on any atom is -0.457 e. The molecule has 1 aliphatic rings. The lowest BCUT2D eigenvalue weighted by Gasteiger charge is -2.25. The van der Waals surface area contributed by atoms with Gasteiger partial charge in [-0.25, -0.2) is 0 Å². The normalized spacial score (nSPS) is 17.6. The molecule has 104 valence electrons. The number of para-hydroxylation sites is 1. The fraction of sp³-hybridized carbons (Fsp3) is 0.333. The number of rotatable bonds is 3. The van der Waals surface area contributed by atoms with E-state index < -0.39 is 0 Å². The summed E-state index contributed by atoms with van der Waals surface area (Å²) in [6, 6.07) is 15.1. The molecule has 0 spiro atoms. The van der Waals surface area contributed by atoms with E-state index in [-0.39, 0.29) is 0 Å². The van der Waals surface area contributed by atoms with E-state index >= 15 is 0 Å². The SMILES string of the molecule is CNC1CCCc2cc(Oc3ccccc3C)ccc21. The second-order valence-electron chi connectivity index (χ2n) is 5.46. The van der Waals surface area contributed by atoms with Gasteiger partial charge in [0.2, 0.25) is 0 Å². The zero-order chi connectivity index (χ0) is 13.9. The van der Waals surface area contributed by atoms with Crippen LogP contribution in [0, 0.1) is 6.92 Å². The van der Waals surface area contributed by atoms with E-state index in [4.69, 9.17) is 4.74 Å². The van der Waals surface area contributed by atoms with Crippen LogP contribution in [0.15, 0.2) is 42.5 Å². The molecule has 0 amide bonds. The van der Waals surface area contributed by atoms with Gasteiger partial charge >= 0.3 is 0 Å². The van der Waals surface area contributed by atoms with Crippen LogP contribution in [0.3, 0.4) is 0 Å². The summed E-state index contributed by atoms with van der Waals surface area (Å²) in [6.07, 6.45) is 3.62. The molecule has 0 fully saturated rings. The Morgan fingerprint density at radius 2 is 2.00 bits per heavy atom. The van der Waals surface area contributed by atoms with Crippen LogP contribution in [0.2, 0.25) is 0 Å². The van der Waals surface area contributed by atoms with Crippen LogP contribution in [0.4, 0.5) is 0 Å². The zero-order valence-electron chi connectivity index (χ0n) is 12.1. The lowest BCUT2D eigenvalue weighted by molar-refractivity contribution is 0.469. The van der Waals surface area contributed by atoms with Gasteiger partial charge in [-0.1, -0.05) is 24.3 Å². The molecular formula is C18H21NO. The van der Waals surface area contributed by atoms with Crippen LogP contribution in [0.5, 0.6) is 11.5 Å². The maximum atomic E-state index is 6.02. The summed E-state index contributed by atoms with van der Waals surface area (Å²) in [5.74, 6) is 1.88. The molecule has 1 atom stereocenters.